The molecular formula is C11H16N2O2S. The maximum atomic E-state index is 11.7. The van der Waals surface area contributed by atoms with E-state index in [1.807, 2.05) is 30.3 Å². The zero-order valence-electron chi connectivity index (χ0n) is 9.26. The molecule has 1 N–H and O–H groups in total. The normalized spacial score (nSPS) is 23.2. The van der Waals surface area contributed by atoms with Gasteiger partial charge in [0.15, 0.2) is 0 Å². The van der Waals surface area contributed by atoms with E-state index in [0.29, 0.717) is 13.1 Å². The van der Waals surface area contributed by atoms with Crippen molar-refractivity contribution in [2.45, 2.75) is 6.04 Å². The Morgan fingerprint density at radius 1 is 1.31 bits per heavy atom. The Balaban J connectivity index is 2.31. The highest BCUT2D eigenvalue weighted by Crippen LogP contribution is 2.23. The average Bonchev–Trinajstić information content (AvgIpc) is 2.29. The lowest BCUT2D eigenvalue weighted by Gasteiger charge is -2.34. The van der Waals surface area contributed by atoms with Crippen molar-refractivity contribution in [2.75, 3.05) is 25.9 Å². The van der Waals surface area contributed by atoms with Crippen LogP contribution in [0.1, 0.15) is 11.6 Å². The van der Waals surface area contributed by atoms with Crippen LogP contribution in [0.5, 0.6) is 0 Å². The molecule has 1 aromatic carbocycles. The number of hydrogen-bond acceptors (Lipinski definition) is 3. The van der Waals surface area contributed by atoms with Crippen molar-refractivity contribution >= 4 is 10.0 Å². The summed E-state index contributed by atoms with van der Waals surface area (Å²) in [5, 5.41) is 3.23. The van der Waals surface area contributed by atoms with Crippen LogP contribution in [0.2, 0.25) is 0 Å². The molecule has 1 aromatic rings. The molecule has 1 fully saturated rings. The lowest BCUT2D eigenvalue weighted by atomic mass is 10.1. The second kappa shape index (κ2) is 4.53. The first kappa shape index (κ1) is 11.6. The number of rotatable bonds is 2. The van der Waals surface area contributed by atoms with Crippen molar-refractivity contribution in [3.8, 4) is 0 Å². The van der Waals surface area contributed by atoms with E-state index >= 15 is 0 Å². The Morgan fingerprint density at radius 3 is 2.62 bits per heavy atom. The van der Waals surface area contributed by atoms with Crippen molar-refractivity contribution < 1.29 is 8.42 Å². The third-order valence-corrected chi connectivity index (χ3v) is 4.09. The highest BCUT2D eigenvalue weighted by atomic mass is 32.2. The van der Waals surface area contributed by atoms with Gasteiger partial charge >= 0.3 is 0 Å². The number of piperazine rings is 1. The molecule has 1 aliphatic heterocycles. The molecule has 16 heavy (non-hydrogen) atoms. The Kier molecular flexibility index (Phi) is 3.28. The molecule has 0 bridgehead atoms. The lowest BCUT2D eigenvalue weighted by molar-refractivity contribution is 0.273. The van der Waals surface area contributed by atoms with Crippen LogP contribution >= 0.6 is 0 Å². The minimum atomic E-state index is -3.13. The van der Waals surface area contributed by atoms with Gasteiger partial charge in [0.25, 0.3) is 0 Å². The maximum Gasteiger partial charge on any atom is 0.211 e. The van der Waals surface area contributed by atoms with Gasteiger partial charge in [0.05, 0.1) is 12.3 Å². The van der Waals surface area contributed by atoms with Crippen LogP contribution in [0.3, 0.4) is 0 Å². The van der Waals surface area contributed by atoms with E-state index in [-0.39, 0.29) is 6.04 Å². The summed E-state index contributed by atoms with van der Waals surface area (Å²) in [6.07, 6.45) is 1.27. The lowest BCUT2D eigenvalue weighted by Crippen LogP contribution is -2.48. The predicted octanol–water partition coefficient (Wildman–Crippen LogP) is 0.592. The van der Waals surface area contributed by atoms with Crippen LogP contribution in [-0.4, -0.2) is 38.6 Å². The molecular weight excluding hydrogens is 224 g/mol. The Labute approximate surface area is 96.3 Å². The van der Waals surface area contributed by atoms with E-state index in [4.69, 9.17) is 0 Å². The molecule has 0 radical (unpaired) electrons. The summed E-state index contributed by atoms with van der Waals surface area (Å²) in [7, 11) is -3.13. The van der Waals surface area contributed by atoms with E-state index in [9.17, 15) is 8.42 Å². The topological polar surface area (TPSA) is 49.4 Å². The molecule has 0 aromatic heterocycles. The van der Waals surface area contributed by atoms with Crippen molar-refractivity contribution in [1.82, 2.24) is 9.62 Å². The molecule has 1 aliphatic rings. The number of nitrogens with one attached hydrogen (secondary N) is 1. The minimum Gasteiger partial charge on any atom is -0.313 e. The molecule has 0 saturated carbocycles. The Bertz CT molecular complexity index is 444. The molecule has 1 unspecified atom stereocenters. The highest BCUT2D eigenvalue weighted by Gasteiger charge is 2.29. The second-order valence-electron chi connectivity index (χ2n) is 4.00. The van der Waals surface area contributed by atoms with Crippen LogP contribution in [0.4, 0.5) is 0 Å². The third kappa shape index (κ3) is 2.42. The summed E-state index contributed by atoms with van der Waals surface area (Å²) in [6.45, 7) is 1.94. The monoisotopic (exact) mass is 240 g/mol. The average molecular weight is 240 g/mol. The predicted molar refractivity (Wildman–Crippen MR) is 63.6 cm³/mol. The summed E-state index contributed by atoms with van der Waals surface area (Å²) in [4.78, 5) is 0. The first-order valence-electron chi connectivity index (χ1n) is 5.31. The molecule has 4 nitrogen and oxygen atoms in total. The van der Waals surface area contributed by atoms with Crippen LogP contribution in [-0.2, 0) is 10.0 Å². The van der Waals surface area contributed by atoms with Crippen LogP contribution in [0.15, 0.2) is 30.3 Å². The molecule has 1 heterocycles. The maximum absolute atomic E-state index is 11.7. The van der Waals surface area contributed by atoms with Gasteiger partial charge in [0, 0.05) is 19.6 Å². The molecule has 2 rings (SSSR count). The number of benzene rings is 1. The van der Waals surface area contributed by atoms with Gasteiger partial charge in [-0.25, -0.2) is 8.42 Å². The summed E-state index contributed by atoms with van der Waals surface area (Å²) < 4.78 is 24.9. The number of sulfonamides is 1. The summed E-state index contributed by atoms with van der Waals surface area (Å²) in [5.74, 6) is 0. The van der Waals surface area contributed by atoms with Gasteiger partial charge in [-0.15, -0.1) is 0 Å². The van der Waals surface area contributed by atoms with Crippen molar-refractivity contribution in [3.63, 3.8) is 0 Å². The fourth-order valence-corrected chi connectivity index (χ4v) is 3.12. The van der Waals surface area contributed by atoms with Crippen LogP contribution < -0.4 is 5.32 Å². The largest absolute Gasteiger partial charge is 0.313 e. The summed E-state index contributed by atoms with van der Waals surface area (Å²) >= 11 is 0. The van der Waals surface area contributed by atoms with Crippen molar-refractivity contribution in [1.29, 1.82) is 0 Å². The summed E-state index contributed by atoms with van der Waals surface area (Å²) in [5.41, 5.74) is 1.04. The van der Waals surface area contributed by atoms with Crippen molar-refractivity contribution in [2.24, 2.45) is 0 Å². The number of hydrogen-bond donors (Lipinski definition) is 1. The van der Waals surface area contributed by atoms with E-state index in [1.165, 1.54) is 6.26 Å². The standard InChI is InChI=1S/C11H16N2O2S/c1-16(14,15)13-8-7-12-9-11(13)10-5-3-2-4-6-10/h2-6,11-12H,7-9H2,1H3. The quantitative estimate of drug-likeness (QED) is 0.823. The molecule has 88 valence electrons. The van der Waals surface area contributed by atoms with Gasteiger partial charge in [-0.05, 0) is 5.56 Å². The van der Waals surface area contributed by atoms with Gasteiger partial charge in [0.2, 0.25) is 10.0 Å². The Morgan fingerprint density at radius 2 is 2.00 bits per heavy atom. The first-order valence-corrected chi connectivity index (χ1v) is 7.16. The second-order valence-corrected chi connectivity index (χ2v) is 5.94. The van der Waals surface area contributed by atoms with Gasteiger partial charge in [-0.1, -0.05) is 30.3 Å². The van der Waals surface area contributed by atoms with Gasteiger partial charge in [0.1, 0.15) is 0 Å². The van der Waals surface area contributed by atoms with Crippen LogP contribution in [0, 0.1) is 0 Å². The smallest absolute Gasteiger partial charge is 0.211 e. The van der Waals surface area contributed by atoms with Crippen LogP contribution in [0.25, 0.3) is 0 Å². The minimum absolute atomic E-state index is 0.0788. The van der Waals surface area contributed by atoms with E-state index < -0.39 is 10.0 Å². The highest BCUT2D eigenvalue weighted by molar-refractivity contribution is 7.88. The zero-order valence-corrected chi connectivity index (χ0v) is 10.1. The van der Waals surface area contributed by atoms with E-state index in [0.717, 1.165) is 12.1 Å². The van der Waals surface area contributed by atoms with E-state index in [1.54, 1.807) is 4.31 Å². The molecule has 5 heteroatoms. The first-order chi connectivity index (χ1) is 7.59. The van der Waals surface area contributed by atoms with Gasteiger partial charge in [-0.3, -0.25) is 0 Å². The Hall–Kier alpha value is -0.910. The fourth-order valence-electron chi connectivity index (χ4n) is 2.04. The fraction of sp³-hybridized carbons (Fsp3) is 0.455. The van der Waals surface area contributed by atoms with E-state index in [2.05, 4.69) is 5.32 Å². The summed E-state index contributed by atoms with van der Waals surface area (Å²) in [6, 6.07) is 9.66. The SMILES string of the molecule is CS(=O)(=O)N1CCNCC1c1ccccc1. The van der Waals surface area contributed by atoms with Crippen molar-refractivity contribution in [3.05, 3.63) is 35.9 Å². The third-order valence-electron chi connectivity index (χ3n) is 2.80. The molecule has 1 atom stereocenters. The van der Waals surface area contributed by atoms with Gasteiger partial charge < -0.3 is 5.32 Å². The zero-order chi connectivity index (χ0) is 11.6. The number of nitrogens with zero attached hydrogens (tertiary/aromatic N) is 1. The van der Waals surface area contributed by atoms with Gasteiger partial charge in [-0.2, -0.15) is 4.31 Å². The molecule has 0 aliphatic carbocycles. The molecule has 1 saturated heterocycles. The molecule has 0 amide bonds. The molecule has 0 spiro atoms.